The predicted molar refractivity (Wildman–Crippen MR) is 312 cm³/mol. The number of carbonyl (C=O) groups is 7. The first-order valence-electron chi connectivity index (χ1n) is 26.4. The average Bonchev–Trinajstić information content (AvgIpc) is 3.56. The number of aliphatic hydroxyl groups excluding tert-OH is 1. The summed E-state index contributed by atoms with van der Waals surface area (Å²) in [4.78, 5) is 88.6. The molecule has 0 spiro atoms. The van der Waals surface area contributed by atoms with Crippen molar-refractivity contribution in [3.63, 3.8) is 0 Å². The molecule has 0 unspecified atom stereocenters. The summed E-state index contributed by atoms with van der Waals surface area (Å²) in [5, 5.41) is 24.2. The Kier molecular flexibility index (Phi) is 25.0. The number of methoxy groups -OCH3 is 4. The van der Waals surface area contributed by atoms with Gasteiger partial charge in [0.05, 0.1) is 40.5 Å². The standard InChI is InChI=1S/C36H41NO9.C29H29NO7/c1-7-44-23-32(39)26-12-8-25(9-13-26)21-31(38)30(20-24-10-15-28(16-11-24)45-35(41)46-36(2,3)4)37-34(40)19-14-27-22-29(42-5)17-18-33(27)43-6;1-36-24-12-13-28(37-2)22(17-24)9-14-29(35)30-25(15-19-5-10-23(32)11-6-19)26(33)16-20-3-7-21(8-4-20)27(34)18-31/h8-19,22,30H,7,20-21,23H2,1-6H3,(H,37,40);3-14,17,25,31-32H,15-16,18H2,1-2H3,(H,30,35)/b19-14+;14-9+/t30-;25-/m00/s1. The summed E-state index contributed by atoms with van der Waals surface area (Å²) in [5.41, 5.74) is 4.25. The molecule has 0 radical (unpaired) electrons. The van der Waals surface area contributed by atoms with E-state index in [1.807, 2.05) is 6.92 Å². The SMILES string of the molecule is CCOCC(=O)c1ccc(CC(=O)[C@H](Cc2ccc(OC(=O)OC(C)(C)C)cc2)NC(=O)/C=C/c2cc(OC)ccc2OC)cc1.COc1ccc(OC)c(/C=C/C(=O)N[C@@H](Cc2ccc(O)cc2)C(=O)Cc2ccc(C(=O)CO)cc2)c1. The van der Waals surface area contributed by atoms with Crippen LogP contribution in [-0.2, 0) is 54.3 Å². The Morgan fingerprint density at radius 3 is 1.34 bits per heavy atom. The van der Waals surface area contributed by atoms with E-state index in [0.717, 1.165) is 11.1 Å². The molecule has 2 amide bonds. The van der Waals surface area contributed by atoms with Crippen LogP contribution in [0.5, 0.6) is 34.5 Å². The van der Waals surface area contributed by atoms with Gasteiger partial charge >= 0.3 is 6.16 Å². The van der Waals surface area contributed by atoms with Crippen LogP contribution in [-0.4, -0.2) is 117 Å². The summed E-state index contributed by atoms with van der Waals surface area (Å²) < 4.78 is 36.8. The number of ether oxygens (including phenoxy) is 7. The normalized spacial score (nSPS) is 11.8. The lowest BCUT2D eigenvalue weighted by Crippen LogP contribution is -2.42. The monoisotopic (exact) mass is 1130 g/mol. The number of rotatable bonds is 27. The van der Waals surface area contributed by atoms with Crippen molar-refractivity contribution < 1.29 is 76.9 Å². The maximum atomic E-state index is 13.6. The molecule has 18 heteroatoms. The fourth-order valence-corrected chi connectivity index (χ4v) is 8.00. The second-order valence-electron chi connectivity index (χ2n) is 19.6. The Bertz CT molecular complexity index is 3220. The van der Waals surface area contributed by atoms with Gasteiger partial charge in [-0.05, 0) is 136 Å². The number of nitrogens with one attached hydrogen (secondary N) is 2. The van der Waals surface area contributed by atoms with Crippen LogP contribution < -0.4 is 34.3 Å². The van der Waals surface area contributed by atoms with Crippen molar-refractivity contribution >= 4 is 53.3 Å². The molecule has 6 aromatic carbocycles. The summed E-state index contributed by atoms with van der Waals surface area (Å²) in [7, 11) is 6.14. The van der Waals surface area contributed by atoms with E-state index in [9.17, 15) is 38.7 Å². The highest BCUT2D eigenvalue weighted by Crippen LogP contribution is 2.27. The first-order valence-corrected chi connectivity index (χ1v) is 26.4. The molecule has 436 valence electrons. The number of aromatic hydroxyl groups is 1. The van der Waals surface area contributed by atoms with Gasteiger partial charge in [-0.25, -0.2) is 4.79 Å². The third-order valence-electron chi connectivity index (χ3n) is 12.3. The minimum Gasteiger partial charge on any atom is -0.508 e. The van der Waals surface area contributed by atoms with E-state index in [2.05, 4.69) is 10.6 Å². The van der Waals surface area contributed by atoms with E-state index in [0.29, 0.717) is 63.0 Å². The summed E-state index contributed by atoms with van der Waals surface area (Å²) in [6.07, 6.45) is 5.45. The molecule has 6 rings (SSSR count). The number of hydrogen-bond acceptors (Lipinski definition) is 16. The topological polar surface area (TPSA) is 249 Å². The lowest BCUT2D eigenvalue weighted by Gasteiger charge is -2.19. The zero-order valence-electron chi connectivity index (χ0n) is 47.7. The van der Waals surface area contributed by atoms with Crippen molar-refractivity contribution in [2.75, 3.05) is 48.3 Å². The first-order chi connectivity index (χ1) is 39.7. The molecular weight excluding hydrogens is 1060 g/mol. The number of benzene rings is 6. The number of phenolic OH excluding ortho intramolecular Hbond substituents is 1. The van der Waals surface area contributed by atoms with Gasteiger partial charge in [-0.1, -0.05) is 72.8 Å². The lowest BCUT2D eigenvalue weighted by molar-refractivity contribution is -0.125. The quantitative estimate of drug-likeness (QED) is 0.0163. The maximum absolute atomic E-state index is 13.6. The number of hydrogen-bond donors (Lipinski definition) is 4. The van der Waals surface area contributed by atoms with Crippen LogP contribution in [0.4, 0.5) is 4.79 Å². The molecule has 18 nitrogen and oxygen atoms in total. The van der Waals surface area contributed by atoms with Crippen LogP contribution in [0, 0.1) is 0 Å². The first kappa shape index (κ1) is 64.4. The third-order valence-corrected chi connectivity index (χ3v) is 12.3. The van der Waals surface area contributed by atoms with Gasteiger partial charge in [0.15, 0.2) is 23.1 Å². The molecule has 0 heterocycles. The number of phenols is 1. The molecule has 4 N–H and O–H groups in total. The van der Waals surface area contributed by atoms with Gasteiger partial charge in [-0.3, -0.25) is 28.8 Å². The van der Waals surface area contributed by atoms with E-state index >= 15 is 0 Å². The molecule has 0 bridgehead atoms. The second kappa shape index (κ2) is 32.2. The van der Waals surface area contributed by atoms with E-state index < -0.39 is 48.0 Å². The van der Waals surface area contributed by atoms with Crippen molar-refractivity contribution in [2.24, 2.45) is 0 Å². The molecule has 0 aliphatic carbocycles. The van der Waals surface area contributed by atoms with Crippen LogP contribution in [0.15, 0.2) is 146 Å². The highest BCUT2D eigenvalue weighted by Gasteiger charge is 2.24. The lowest BCUT2D eigenvalue weighted by atomic mass is 9.96. The van der Waals surface area contributed by atoms with Gasteiger partial charge in [0.1, 0.15) is 53.3 Å². The summed E-state index contributed by atoms with van der Waals surface area (Å²) >= 11 is 0. The molecule has 6 aromatic rings. The molecule has 2 atom stereocenters. The minimum absolute atomic E-state index is 0.0142. The number of ketones is 4. The molecule has 0 saturated carbocycles. The Labute approximate surface area is 483 Å². The van der Waals surface area contributed by atoms with E-state index in [1.54, 1.807) is 168 Å². The third kappa shape index (κ3) is 21.6. The fourth-order valence-electron chi connectivity index (χ4n) is 8.00. The molecular formula is C65H70N2O16. The zero-order valence-corrected chi connectivity index (χ0v) is 47.7. The van der Waals surface area contributed by atoms with Crippen LogP contribution in [0.1, 0.15) is 81.8 Å². The summed E-state index contributed by atoms with van der Waals surface area (Å²) in [6.45, 7) is 6.86. The smallest absolute Gasteiger partial charge is 0.508 e. The van der Waals surface area contributed by atoms with Gasteiger partial charge in [0.2, 0.25) is 11.8 Å². The largest absolute Gasteiger partial charge is 0.514 e. The van der Waals surface area contributed by atoms with Crippen LogP contribution in [0.2, 0.25) is 0 Å². The Balaban J connectivity index is 0.000000311. The molecule has 83 heavy (non-hydrogen) atoms. The van der Waals surface area contributed by atoms with Gasteiger partial charge in [-0.2, -0.15) is 0 Å². The van der Waals surface area contributed by atoms with Crippen molar-refractivity contribution in [1.82, 2.24) is 10.6 Å². The fraction of sp³-hybridized carbons (Fsp3) is 0.277. The zero-order chi connectivity index (χ0) is 60.5. The van der Waals surface area contributed by atoms with Crippen LogP contribution in [0.3, 0.4) is 0 Å². The molecule has 0 aliphatic heterocycles. The molecule has 0 fully saturated rings. The van der Waals surface area contributed by atoms with Crippen molar-refractivity contribution in [1.29, 1.82) is 0 Å². The molecule has 0 saturated heterocycles. The summed E-state index contributed by atoms with van der Waals surface area (Å²) in [6, 6.07) is 34.9. The van der Waals surface area contributed by atoms with Gasteiger partial charge in [0, 0.05) is 53.9 Å². The maximum Gasteiger partial charge on any atom is 0.514 e. The van der Waals surface area contributed by atoms with Gasteiger partial charge in [0.25, 0.3) is 0 Å². The highest BCUT2D eigenvalue weighted by molar-refractivity contribution is 5.99. The van der Waals surface area contributed by atoms with Crippen molar-refractivity contribution in [2.45, 2.75) is 71.1 Å². The Morgan fingerprint density at radius 1 is 0.530 bits per heavy atom. The van der Waals surface area contributed by atoms with Crippen molar-refractivity contribution in [3.8, 4) is 34.5 Å². The highest BCUT2D eigenvalue weighted by atomic mass is 16.7. The predicted octanol–water partition coefficient (Wildman–Crippen LogP) is 8.93. The average molecular weight is 1140 g/mol. The van der Waals surface area contributed by atoms with E-state index in [1.165, 1.54) is 38.5 Å². The van der Waals surface area contributed by atoms with Gasteiger partial charge < -0.3 is 54.0 Å². The number of aliphatic hydroxyl groups is 1. The van der Waals surface area contributed by atoms with Crippen LogP contribution >= 0.6 is 0 Å². The van der Waals surface area contributed by atoms with Gasteiger partial charge in [-0.15, -0.1) is 0 Å². The minimum atomic E-state index is -0.888. The van der Waals surface area contributed by atoms with E-state index in [4.69, 9.17) is 38.3 Å². The number of carbonyl (C=O) groups excluding carboxylic acids is 7. The Morgan fingerprint density at radius 2 is 0.940 bits per heavy atom. The molecule has 0 aromatic heterocycles. The second-order valence-corrected chi connectivity index (χ2v) is 19.6. The Hall–Kier alpha value is -9.39. The van der Waals surface area contributed by atoms with Crippen LogP contribution in [0.25, 0.3) is 12.2 Å². The number of Topliss-reactive ketones (excluding diaryl/α,β-unsaturated/α-hetero) is 4. The summed E-state index contributed by atoms with van der Waals surface area (Å²) in [5.74, 6) is 0.723. The number of amides is 2. The molecule has 0 aliphatic rings. The van der Waals surface area contributed by atoms with Crippen molar-refractivity contribution in [3.05, 3.63) is 190 Å². The van der Waals surface area contributed by atoms with E-state index in [-0.39, 0.29) is 61.1 Å².